The number of benzene rings is 2. The van der Waals surface area contributed by atoms with Crippen LogP contribution in [0, 0.1) is 0 Å². The van der Waals surface area contributed by atoms with Crippen molar-refractivity contribution in [3.8, 4) is 0 Å². The molecule has 2 aromatic heterocycles. The third kappa shape index (κ3) is 2.35. The summed E-state index contributed by atoms with van der Waals surface area (Å²) >= 11 is 0. The Morgan fingerprint density at radius 2 is 1.42 bits per heavy atom. The Kier molecular flexibility index (Phi) is 3.55. The van der Waals surface area contributed by atoms with Crippen LogP contribution in [-0.4, -0.2) is 21.1 Å². The second-order valence-corrected chi connectivity index (χ2v) is 5.87. The van der Waals surface area contributed by atoms with Crippen molar-refractivity contribution in [1.82, 2.24) is 15.4 Å². The molecule has 4 N–H and O–H groups in total. The van der Waals surface area contributed by atoms with Crippen molar-refractivity contribution < 1.29 is 10.0 Å². The molecule has 5 heteroatoms. The number of H-pyrrole nitrogens is 2. The molecule has 0 aliphatic rings. The Morgan fingerprint density at radius 1 is 0.917 bits per heavy atom. The van der Waals surface area contributed by atoms with Crippen LogP contribution in [0.4, 0.5) is 0 Å². The molecular formula is C19H17N3O2. The second kappa shape index (κ2) is 5.86. The average molecular weight is 319 g/mol. The highest BCUT2D eigenvalue weighted by atomic mass is 16.5. The van der Waals surface area contributed by atoms with Crippen LogP contribution in [-0.2, 0) is 4.79 Å². The summed E-state index contributed by atoms with van der Waals surface area (Å²) in [5.41, 5.74) is 5.90. The lowest BCUT2D eigenvalue weighted by atomic mass is 9.88. The predicted molar refractivity (Wildman–Crippen MR) is 93.0 cm³/mol. The van der Waals surface area contributed by atoms with Crippen LogP contribution in [0.3, 0.4) is 0 Å². The number of para-hydroxylation sites is 2. The zero-order chi connectivity index (χ0) is 16.5. The van der Waals surface area contributed by atoms with Crippen LogP contribution in [0.25, 0.3) is 21.8 Å². The molecule has 0 unspecified atom stereocenters. The lowest BCUT2D eigenvalue weighted by Crippen LogP contribution is -2.21. The minimum atomic E-state index is -0.407. The number of hydroxylamine groups is 1. The predicted octanol–water partition coefficient (Wildman–Crippen LogP) is 3.68. The highest BCUT2D eigenvalue weighted by Gasteiger charge is 2.23. The van der Waals surface area contributed by atoms with E-state index >= 15 is 0 Å². The van der Waals surface area contributed by atoms with Gasteiger partial charge in [0.1, 0.15) is 0 Å². The molecule has 0 fully saturated rings. The molecule has 5 nitrogen and oxygen atoms in total. The monoisotopic (exact) mass is 319 g/mol. The molecule has 1 amide bonds. The molecule has 0 bridgehead atoms. The van der Waals surface area contributed by atoms with Gasteiger partial charge in [0, 0.05) is 46.5 Å². The van der Waals surface area contributed by atoms with Crippen LogP contribution in [0.1, 0.15) is 23.5 Å². The third-order valence-corrected chi connectivity index (χ3v) is 4.51. The molecule has 0 aliphatic carbocycles. The maximum absolute atomic E-state index is 11.9. The Bertz CT molecular complexity index is 941. The molecule has 4 rings (SSSR count). The summed E-state index contributed by atoms with van der Waals surface area (Å²) in [6.07, 6.45) is 4.06. The van der Waals surface area contributed by atoms with Crippen molar-refractivity contribution in [3.05, 3.63) is 72.1 Å². The first kappa shape index (κ1) is 14.5. The number of hydrogen-bond donors (Lipinski definition) is 4. The van der Waals surface area contributed by atoms with E-state index in [9.17, 15) is 4.79 Å². The number of rotatable bonds is 4. The van der Waals surface area contributed by atoms with Gasteiger partial charge in [-0.25, -0.2) is 5.48 Å². The van der Waals surface area contributed by atoms with Gasteiger partial charge >= 0.3 is 0 Å². The van der Waals surface area contributed by atoms with Crippen molar-refractivity contribution in [2.75, 3.05) is 0 Å². The summed E-state index contributed by atoms with van der Waals surface area (Å²) in [6.45, 7) is 0. The second-order valence-electron chi connectivity index (χ2n) is 5.87. The Labute approximate surface area is 138 Å². The van der Waals surface area contributed by atoms with Crippen molar-refractivity contribution in [2.45, 2.75) is 12.3 Å². The van der Waals surface area contributed by atoms with Gasteiger partial charge in [0.25, 0.3) is 0 Å². The summed E-state index contributed by atoms with van der Waals surface area (Å²) in [5, 5.41) is 11.2. The highest BCUT2D eigenvalue weighted by Crippen LogP contribution is 2.36. The number of aromatic amines is 2. The van der Waals surface area contributed by atoms with Crippen LogP contribution in [0.2, 0.25) is 0 Å². The normalized spacial score (nSPS) is 11.4. The lowest BCUT2D eigenvalue weighted by molar-refractivity contribution is -0.129. The fourth-order valence-electron chi connectivity index (χ4n) is 3.38. The smallest absolute Gasteiger partial charge is 0.244 e. The van der Waals surface area contributed by atoms with E-state index in [0.717, 1.165) is 32.9 Å². The van der Waals surface area contributed by atoms with E-state index < -0.39 is 5.91 Å². The Hall–Kier alpha value is -3.05. The zero-order valence-corrected chi connectivity index (χ0v) is 12.9. The Morgan fingerprint density at radius 3 is 1.92 bits per heavy atom. The first-order chi connectivity index (χ1) is 11.8. The number of fused-ring (bicyclic) bond motifs is 2. The van der Waals surface area contributed by atoms with Crippen molar-refractivity contribution >= 4 is 27.7 Å². The van der Waals surface area contributed by atoms with Gasteiger partial charge in [-0.05, 0) is 23.3 Å². The minimum absolute atomic E-state index is 0.163. The van der Waals surface area contributed by atoms with Crippen LogP contribution in [0.5, 0.6) is 0 Å². The molecular weight excluding hydrogens is 302 g/mol. The molecule has 120 valence electrons. The van der Waals surface area contributed by atoms with E-state index in [2.05, 4.69) is 9.97 Å². The van der Waals surface area contributed by atoms with E-state index in [1.54, 1.807) is 5.48 Å². The fraction of sp³-hybridized carbons (Fsp3) is 0.105. The zero-order valence-electron chi connectivity index (χ0n) is 12.9. The first-order valence-electron chi connectivity index (χ1n) is 7.83. The minimum Gasteiger partial charge on any atom is -0.361 e. The van der Waals surface area contributed by atoms with Gasteiger partial charge in [-0.2, -0.15) is 0 Å². The molecule has 0 saturated carbocycles. The largest absolute Gasteiger partial charge is 0.361 e. The molecule has 2 heterocycles. The number of hydrogen-bond acceptors (Lipinski definition) is 2. The Balaban J connectivity index is 1.90. The topological polar surface area (TPSA) is 80.9 Å². The lowest BCUT2D eigenvalue weighted by Gasteiger charge is -2.15. The highest BCUT2D eigenvalue weighted by molar-refractivity contribution is 5.89. The maximum atomic E-state index is 11.9. The van der Waals surface area contributed by atoms with E-state index in [1.807, 2.05) is 60.9 Å². The molecule has 4 aromatic rings. The number of carbonyl (C=O) groups is 1. The van der Waals surface area contributed by atoms with Gasteiger partial charge in [-0.15, -0.1) is 0 Å². The molecule has 24 heavy (non-hydrogen) atoms. The summed E-state index contributed by atoms with van der Waals surface area (Å²) in [7, 11) is 0. The quantitative estimate of drug-likeness (QED) is 0.342. The maximum Gasteiger partial charge on any atom is 0.244 e. The summed E-state index contributed by atoms with van der Waals surface area (Å²) in [4.78, 5) is 18.4. The van der Waals surface area contributed by atoms with Gasteiger partial charge in [0.15, 0.2) is 0 Å². The van der Waals surface area contributed by atoms with Crippen LogP contribution < -0.4 is 5.48 Å². The van der Waals surface area contributed by atoms with Gasteiger partial charge in [-0.3, -0.25) is 10.0 Å². The van der Waals surface area contributed by atoms with E-state index in [-0.39, 0.29) is 12.3 Å². The summed E-state index contributed by atoms with van der Waals surface area (Å²) in [6, 6.07) is 16.0. The fourth-order valence-corrected chi connectivity index (χ4v) is 3.38. The molecule has 0 atom stereocenters. The van der Waals surface area contributed by atoms with E-state index in [4.69, 9.17) is 5.21 Å². The molecule has 0 aliphatic heterocycles. The molecule has 2 aromatic carbocycles. The van der Waals surface area contributed by atoms with E-state index in [0.29, 0.717) is 0 Å². The van der Waals surface area contributed by atoms with Crippen molar-refractivity contribution in [1.29, 1.82) is 0 Å². The van der Waals surface area contributed by atoms with Gasteiger partial charge < -0.3 is 9.97 Å². The van der Waals surface area contributed by atoms with Gasteiger partial charge in [0.2, 0.25) is 5.91 Å². The van der Waals surface area contributed by atoms with Gasteiger partial charge in [0.05, 0.1) is 0 Å². The molecule has 0 saturated heterocycles. The standard InChI is InChI=1S/C19H17N3O2/c23-19(22-24)9-14(15-10-20-17-7-3-1-5-12(15)17)16-11-21-18-8-4-2-6-13(16)18/h1-8,10-11,14,20-21,24H,9H2,(H,22,23). The van der Waals surface area contributed by atoms with E-state index in [1.165, 1.54) is 0 Å². The number of nitrogens with one attached hydrogen (secondary N) is 3. The molecule has 0 spiro atoms. The number of amides is 1. The molecule has 0 radical (unpaired) electrons. The SMILES string of the molecule is O=C(CC(c1c[nH]c2ccccc12)c1c[nH]c2ccccc12)NO. The van der Waals surface area contributed by atoms with Crippen molar-refractivity contribution in [3.63, 3.8) is 0 Å². The number of carbonyl (C=O) groups excluding carboxylic acids is 1. The van der Waals surface area contributed by atoms with Crippen molar-refractivity contribution in [2.24, 2.45) is 0 Å². The number of aromatic nitrogens is 2. The van der Waals surface area contributed by atoms with Gasteiger partial charge in [-0.1, -0.05) is 36.4 Å². The van der Waals surface area contributed by atoms with Crippen LogP contribution in [0.15, 0.2) is 60.9 Å². The summed E-state index contributed by atoms with van der Waals surface area (Å²) < 4.78 is 0. The summed E-state index contributed by atoms with van der Waals surface area (Å²) in [5.74, 6) is -0.569. The third-order valence-electron chi connectivity index (χ3n) is 4.51. The van der Waals surface area contributed by atoms with Crippen LogP contribution >= 0.6 is 0 Å². The average Bonchev–Trinajstić information content (AvgIpc) is 3.24. The first-order valence-corrected chi connectivity index (χ1v) is 7.83.